The van der Waals surface area contributed by atoms with Crippen molar-refractivity contribution in [3.05, 3.63) is 33.8 Å². The molecular weight excluding hydrogens is 331 g/mol. The largest absolute Gasteiger partial charge is 0.336 e. The van der Waals surface area contributed by atoms with Gasteiger partial charge >= 0.3 is 0 Å². The van der Waals surface area contributed by atoms with Gasteiger partial charge in [0.2, 0.25) is 5.91 Å². The van der Waals surface area contributed by atoms with Gasteiger partial charge in [-0.1, -0.05) is 29.3 Å². The molecule has 1 aromatic rings. The SMILES string of the molecule is O=C(CCC1CCNCC1)N1CCCC1c1ccc(Cl)c(Cl)c1. The Morgan fingerprint density at radius 2 is 1.96 bits per heavy atom. The van der Waals surface area contributed by atoms with Crippen molar-refractivity contribution in [2.75, 3.05) is 19.6 Å². The highest BCUT2D eigenvalue weighted by Gasteiger charge is 2.30. The zero-order valence-corrected chi connectivity index (χ0v) is 14.9. The summed E-state index contributed by atoms with van der Waals surface area (Å²) in [5.41, 5.74) is 1.10. The van der Waals surface area contributed by atoms with Gasteiger partial charge in [-0.05, 0) is 68.8 Å². The number of halogens is 2. The molecule has 0 spiro atoms. The minimum atomic E-state index is 0.158. The molecule has 0 radical (unpaired) electrons. The highest BCUT2D eigenvalue weighted by atomic mass is 35.5. The van der Waals surface area contributed by atoms with Crippen LogP contribution in [-0.4, -0.2) is 30.4 Å². The second-order valence-corrected chi connectivity index (χ2v) is 7.47. The molecule has 2 aliphatic heterocycles. The zero-order valence-electron chi connectivity index (χ0n) is 13.4. The molecule has 0 aliphatic carbocycles. The van der Waals surface area contributed by atoms with Gasteiger partial charge in [-0.2, -0.15) is 0 Å². The van der Waals surface area contributed by atoms with Crippen LogP contribution < -0.4 is 5.32 Å². The molecule has 2 heterocycles. The van der Waals surface area contributed by atoms with E-state index in [1.165, 1.54) is 12.8 Å². The summed E-state index contributed by atoms with van der Waals surface area (Å²) in [6.07, 6.45) is 6.15. The Kier molecular flexibility index (Phi) is 5.84. The molecule has 1 atom stereocenters. The lowest BCUT2D eigenvalue weighted by Crippen LogP contribution is -2.32. The lowest BCUT2D eigenvalue weighted by atomic mass is 9.93. The molecule has 126 valence electrons. The van der Waals surface area contributed by atoms with Crippen LogP contribution in [0.4, 0.5) is 0 Å². The van der Waals surface area contributed by atoms with Gasteiger partial charge in [-0.15, -0.1) is 0 Å². The number of hydrogen-bond acceptors (Lipinski definition) is 2. The van der Waals surface area contributed by atoms with Gasteiger partial charge in [0, 0.05) is 13.0 Å². The summed E-state index contributed by atoms with van der Waals surface area (Å²) < 4.78 is 0. The van der Waals surface area contributed by atoms with Crippen molar-refractivity contribution in [2.24, 2.45) is 5.92 Å². The first-order chi connectivity index (χ1) is 11.1. The van der Waals surface area contributed by atoms with Crippen LogP contribution in [0.2, 0.25) is 10.0 Å². The highest BCUT2D eigenvalue weighted by Crippen LogP contribution is 2.35. The third kappa shape index (κ3) is 4.20. The van der Waals surface area contributed by atoms with Gasteiger partial charge < -0.3 is 10.2 Å². The Morgan fingerprint density at radius 1 is 1.17 bits per heavy atom. The molecule has 1 aromatic carbocycles. The van der Waals surface area contributed by atoms with Crippen molar-refractivity contribution in [2.45, 2.75) is 44.6 Å². The first-order valence-corrected chi connectivity index (χ1v) is 9.36. The van der Waals surface area contributed by atoms with Gasteiger partial charge in [0.25, 0.3) is 0 Å². The minimum absolute atomic E-state index is 0.158. The number of benzene rings is 1. The number of rotatable bonds is 4. The Labute approximate surface area is 148 Å². The van der Waals surface area contributed by atoms with E-state index in [0.29, 0.717) is 22.4 Å². The maximum Gasteiger partial charge on any atom is 0.223 e. The van der Waals surface area contributed by atoms with Crippen LogP contribution in [0, 0.1) is 5.92 Å². The second-order valence-electron chi connectivity index (χ2n) is 6.65. The van der Waals surface area contributed by atoms with Crippen LogP contribution >= 0.6 is 23.2 Å². The number of piperidine rings is 1. The summed E-state index contributed by atoms with van der Waals surface area (Å²) in [5, 5.41) is 4.51. The number of nitrogens with one attached hydrogen (secondary N) is 1. The number of nitrogens with zero attached hydrogens (tertiary/aromatic N) is 1. The van der Waals surface area contributed by atoms with Crippen LogP contribution in [0.25, 0.3) is 0 Å². The van der Waals surface area contributed by atoms with Crippen molar-refractivity contribution in [1.29, 1.82) is 0 Å². The molecule has 2 aliphatic rings. The molecule has 1 N–H and O–H groups in total. The highest BCUT2D eigenvalue weighted by molar-refractivity contribution is 6.42. The van der Waals surface area contributed by atoms with Crippen LogP contribution in [0.15, 0.2) is 18.2 Å². The fourth-order valence-corrected chi connectivity index (χ4v) is 4.08. The van der Waals surface area contributed by atoms with Crippen molar-refractivity contribution >= 4 is 29.1 Å². The normalized spacial score (nSPS) is 22.5. The molecule has 3 nitrogen and oxygen atoms in total. The predicted octanol–water partition coefficient (Wildman–Crippen LogP) is 4.44. The number of carbonyl (C=O) groups is 1. The summed E-state index contributed by atoms with van der Waals surface area (Å²) in [6.45, 7) is 3.04. The van der Waals surface area contributed by atoms with Gasteiger partial charge in [0.15, 0.2) is 0 Å². The molecule has 5 heteroatoms. The standard InChI is InChI=1S/C18H24Cl2N2O/c19-15-5-4-14(12-16(15)20)17-2-1-11-22(17)18(23)6-3-13-7-9-21-10-8-13/h4-5,12-13,17,21H,1-3,6-11H2. The Morgan fingerprint density at radius 3 is 2.70 bits per heavy atom. The average molecular weight is 355 g/mol. The van der Waals surface area contributed by atoms with Gasteiger partial charge in [0.05, 0.1) is 16.1 Å². The van der Waals surface area contributed by atoms with E-state index < -0.39 is 0 Å². The number of hydrogen-bond donors (Lipinski definition) is 1. The average Bonchev–Trinajstić information content (AvgIpc) is 3.06. The van der Waals surface area contributed by atoms with E-state index in [1.54, 1.807) is 0 Å². The molecule has 0 aromatic heterocycles. The van der Waals surface area contributed by atoms with Crippen molar-refractivity contribution in [3.8, 4) is 0 Å². The Hall–Kier alpha value is -0.770. The van der Waals surface area contributed by atoms with Gasteiger partial charge in [0.1, 0.15) is 0 Å². The summed E-state index contributed by atoms with van der Waals surface area (Å²) >= 11 is 12.1. The molecule has 1 unspecified atom stereocenters. The van der Waals surface area contributed by atoms with Crippen LogP contribution in [0.3, 0.4) is 0 Å². The fourth-order valence-electron chi connectivity index (χ4n) is 3.77. The van der Waals surface area contributed by atoms with Crippen molar-refractivity contribution in [1.82, 2.24) is 10.2 Å². The topological polar surface area (TPSA) is 32.3 Å². The molecule has 0 bridgehead atoms. The maximum atomic E-state index is 12.7. The Bertz CT molecular complexity index is 558. The minimum Gasteiger partial charge on any atom is -0.336 e. The molecular formula is C18H24Cl2N2O. The van der Waals surface area contributed by atoms with Crippen LogP contribution in [-0.2, 0) is 4.79 Å². The molecule has 1 amide bonds. The summed E-state index contributed by atoms with van der Waals surface area (Å²) in [4.78, 5) is 14.7. The summed E-state index contributed by atoms with van der Waals surface area (Å²) in [5.74, 6) is 0.989. The molecule has 2 saturated heterocycles. The first kappa shape index (κ1) is 17.1. The molecule has 23 heavy (non-hydrogen) atoms. The predicted molar refractivity (Wildman–Crippen MR) is 95.0 cm³/mol. The maximum absolute atomic E-state index is 12.7. The van der Waals surface area contributed by atoms with E-state index in [-0.39, 0.29) is 11.9 Å². The van der Waals surface area contributed by atoms with Crippen molar-refractivity contribution < 1.29 is 4.79 Å². The van der Waals surface area contributed by atoms with E-state index in [9.17, 15) is 4.79 Å². The van der Waals surface area contributed by atoms with E-state index in [2.05, 4.69) is 5.32 Å². The van der Waals surface area contributed by atoms with Crippen LogP contribution in [0.5, 0.6) is 0 Å². The lowest BCUT2D eigenvalue weighted by Gasteiger charge is -2.27. The number of likely N-dealkylation sites (tertiary alicyclic amines) is 1. The van der Waals surface area contributed by atoms with Crippen LogP contribution in [0.1, 0.15) is 50.1 Å². The third-order valence-electron chi connectivity index (χ3n) is 5.13. The Balaban J connectivity index is 1.61. The van der Waals surface area contributed by atoms with Gasteiger partial charge in [-0.25, -0.2) is 0 Å². The monoisotopic (exact) mass is 354 g/mol. The quantitative estimate of drug-likeness (QED) is 0.866. The summed E-state index contributed by atoms with van der Waals surface area (Å²) in [6, 6.07) is 5.89. The molecule has 2 fully saturated rings. The second kappa shape index (κ2) is 7.87. The van der Waals surface area contributed by atoms with E-state index in [0.717, 1.165) is 44.5 Å². The van der Waals surface area contributed by atoms with Crippen molar-refractivity contribution in [3.63, 3.8) is 0 Å². The van der Waals surface area contributed by atoms with E-state index >= 15 is 0 Å². The number of carbonyl (C=O) groups excluding carboxylic acids is 1. The fraction of sp³-hybridized carbons (Fsp3) is 0.611. The molecule has 3 rings (SSSR count). The lowest BCUT2D eigenvalue weighted by molar-refractivity contribution is -0.132. The summed E-state index contributed by atoms with van der Waals surface area (Å²) in [7, 11) is 0. The van der Waals surface area contributed by atoms with E-state index in [4.69, 9.17) is 23.2 Å². The van der Waals surface area contributed by atoms with E-state index in [1.807, 2.05) is 23.1 Å². The number of amides is 1. The van der Waals surface area contributed by atoms with Gasteiger partial charge in [-0.3, -0.25) is 4.79 Å². The molecule has 0 saturated carbocycles. The zero-order chi connectivity index (χ0) is 16.2. The first-order valence-electron chi connectivity index (χ1n) is 8.60. The third-order valence-corrected chi connectivity index (χ3v) is 5.87. The smallest absolute Gasteiger partial charge is 0.223 e.